The van der Waals surface area contributed by atoms with Crippen LogP contribution >= 0.6 is 0 Å². The molecule has 0 amide bonds. The molecule has 0 atom stereocenters. The van der Waals surface area contributed by atoms with Crippen molar-refractivity contribution in [1.82, 2.24) is 0 Å². The molecule has 2 aromatic rings. The molecule has 0 fully saturated rings. The molecule has 2 aromatic carbocycles. The lowest BCUT2D eigenvalue weighted by atomic mass is 10.0. The van der Waals surface area contributed by atoms with E-state index in [1.54, 1.807) is 19.1 Å². The minimum Gasteiger partial charge on any atom is -0.288 e. The van der Waals surface area contributed by atoms with E-state index in [9.17, 15) is 13.6 Å². The van der Waals surface area contributed by atoms with Gasteiger partial charge in [-0.2, -0.15) is 0 Å². The summed E-state index contributed by atoms with van der Waals surface area (Å²) in [5, 5.41) is 0. The van der Waals surface area contributed by atoms with E-state index in [1.807, 2.05) is 0 Å². The molecule has 0 aromatic heterocycles. The summed E-state index contributed by atoms with van der Waals surface area (Å²) in [5.41, 5.74) is 0.540. The number of hydrogen-bond donors (Lipinski definition) is 0. The fourth-order valence-electron chi connectivity index (χ4n) is 1.60. The third-order valence-corrected chi connectivity index (χ3v) is 2.48. The highest BCUT2D eigenvalue weighted by molar-refractivity contribution is 6.09. The van der Waals surface area contributed by atoms with E-state index >= 15 is 0 Å². The second-order valence-electron chi connectivity index (χ2n) is 3.79. The van der Waals surface area contributed by atoms with Crippen molar-refractivity contribution < 1.29 is 13.6 Å². The van der Waals surface area contributed by atoms with Crippen LogP contribution in [0.4, 0.5) is 8.78 Å². The van der Waals surface area contributed by atoms with Gasteiger partial charge in [0.05, 0.1) is 11.1 Å². The standard InChI is InChI=1S/C14H10F2O/c1-9-6-7-13(16)11(8-9)14(17)10-4-2-3-5-12(10)15/h2-8H,1H3. The molecule has 0 saturated carbocycles. The normalized spacial score (nSPS) is 10.3. The molecule has 0 heterocycles. The van der Waals surface area contributed by atoms with E-state index in [0.717, 1.165) is 5.56 Å². The molecule has 0 saturated heterocycles. The maximum Gasteiger partial charge on any atom is 0.198 e. The minimum atomic E-state index is -0.640. The van der Waals surface area contributed by atoms with Crippen molar-refractivity contribution >= 4 is 5.78 Å². The summed E-state index contributed by atoms with van der Waals surface area (Å²) < 4.78 is 26.9. The molecule has 0 N–H and O–H groups in total. The molecule has 0 aliphatic heterocycles. The first-order chi connectivity index (χ1) is 8.09. The predicted octanol–water partition coefficient (Wildman–Crippen LogP) is 3.50. The Bertz CT molecular complexity index is 576. The Morgan fingerprint density at radius 3 is 2.29 bits per heavy atom. The summed E-state index contributed by atoms with van der Waals surface area (Å²) in [4.78, 5) is 12.0. The monoisotopic (exact) mass is 232 g/mol. The quantitative estimate of drug-likeness (QED) is 0.724. The van der Waals surface area contributed by atoms with Crippen molar-refractivity contribution in [2.24, 2.45) is 0 Å². The van der Waals surface area contributed by atoms with Gasteiger partial charge in [0, 0.05) is 0 Å². The maximum absolute atomic E-state index is 13.5. The highest BCUT2D eigenvalue weighted by Gasteiger charge is 2.17. The van der Waals surface area contributed by atoms with Crippen molar-refractivity contribution in [3.63, 3.8) is 0 Å². The summed E-state index contributed by atoms with van der Waals surface area (Å²) in [6, 6.07) is 9.75. The molecule has 0 bridgehead atoms. The number of halogens is 2. The van der Waals surface area contributed by atoms with E-state index < -0.39 is 17.4 Å². The number of carbonyl (C=O) groups is 1. The molecule has 2 rings (SSSR count). The van der Waals surface area contributed by atoms with Crippen LogP contribution in [0.5, 0.6) is 0 Å². The van der Waals surface area contributed by atoms with Crippen LogP contribution in [0.3, 0.4) is 0 Å². The predicted molar refractivity (Wildman–Crippen MR) is 61.0 cm³/mol. The lowest BCUT2D eigenvalue weighted by Gasteiger charge is -2.04. The summed E-state index contributed by atoms with van der Waals surface area (Å²) in [5.74, 6) is -1.91. The topological polar surface area (TPSA) is 17.1 Å². The van der Waals surface area contributed by atoms with E-state index in [4.69, 9.17) is 0 Å². The lowest BCUT2D eigenvalue weighted by molar-refractivity contribution is 0.103. The molecule has 1 nitrogen and oxygen atoms in total. The summed E-state index contributed by atoms with van der Waals surface area (Å²) >= 11 is 0. The average molecular weight is 232 g/mol. The van der Waals surface area contributed by atoms with Gasteiger partial charge < -0.3 is 0 Å². The minimum absolute atomic E-state index is 0.102. The summed E-state index contributed by atoms with van der Waals surface area (Å²) in [7, 11) is 0. The van der Waals surface area contributed by atoms with Crippen LogP contribution in [0.1, 0.15) is 21.5 Å². The number of hydrogen-bond acceptors (Lipinski definition) is 1. The second kappa shape index (κ2) is 4.45. The van der Waals surface area contributed by atoms with Crippen LogP contribution in [0.2, 0.25) is 0 Å². The van der Waals surface area contributed by atoms with Crippen molar-refractivity contribution in [2.45, 2.75) is 6.92 Å². The van der Waals surface area contributed by atoms with E-state index in [0.29, 0.717) is 0 Å². The maximum atomic E-state index is 13.5. The largest absolute Gasteiger partial charge is 0.288 e. The average Bonchev–Trinajstić information content (AvgIpc) is 2.32. The highest BCUT2D eigenvalue weighted by atomic mass is 19.1. The Balaban J connectivity index is 2.51. The third kappa shape index (κ3) is 2.23. The van der Waals surface area contributed by atoms with Crippen LogP contribution in [0.25, 0.3) is 0 Å². The van der Waals surface area contributed by atoms with Crippen LogP contribution in [-0.4, -0.2) is 5.78 Å². The van der Waals surface area contributed by atoms with Crippen LogP contribution in [-0.2, 0) is 0 Å². The third-order valence-electron chi connectivity index (χ3n) is 2.48. The van der Waals surface area contributed by atoms with Crippen LogP contribution in [0.15, 0.2) is 42.5 Å². The molecular formula is C14H10F2O. The molecule has 17 heavy (non-hydrogen) atoms. The molecular weight excluding hydrogens is 222 g/mol. The SMILES string of the molecule is Cc1ccc(F)c(C(=O)c2ccccc2F)c1. The smallest absolute Gasteiger partial charge is 0.198 e. The van der Waals surface area contributed by atoms with E-state index in [1.165, 1.54) is 30.3 Å². The number of rotatable bonds is 2. The fourth-order valence-corrected chi connectivity index (χ4v) is 1.60. The summed E-state index contributed by atoms with van der Waals surface area (Å²) in [6.45, 7) is 1.75. The first-order valence-electron chi connectivity index (χ1n) is 5.15. The van der Waals surface area contributed by atoms with Gasteiger partial charge in [-0.15, -0.1) is 0 Å². The Labute approximate surface area is 97.7 Å². The number of carbonyl (C=O) groups excluding carboxylic acids is 1. The summed E-state index contributed by atoms with van der Waals surface area (Å²) in [6.07, 6.45) is 0. The van der Waals surface area contributed by atoms with Gasteiger partial charge in [-0.3, -0.25) is 4.79 Å². The van der Waals surface area contributed by atoms with Crippen LogP contribution < -0.4 is 0 Å². The van der Waals surface area contributed by atoms with Crippen molar-refractivity contribution in [1.29, 1.82) is 0 Å². The van der Waals surface area contributed by atoms with Gasteiger partial charge in [0.1, 0.15) is 11.6 Å². The molecule has 0 radical (unpaired) electrons. The van der Waals surface area contributed by atoms with Crippen molar-refractivity contribution in [3.8, 4) is 0 Å². The van der Waals surface area contributed by atoms with Gasteiger partial charge in [0.15, 0.2) is 5.78 Å². The fraction of sp³-hybridized carbons (Fsp3) is 0.0714. The second-order valence-corrected chi connectivity index (χ2v) is 3.79. The molecule has 0 spiro atoms. The zero-order valence-electron chi connectivity index (χ0n) is 9.21. The number of ketones is 1. The molecule has 0 aliphatic rings. The highest BCUT2D eigenvalue weighted by Crippen LogP contribution is 2.17. The van der Waals surface area contributed by atoms with Gasteiger partial charge in [-0.25, -0.2) is 8.78 Å². The van der Waals surface area contributed by atoms with E-state index in [2.05, 4.69) is 0 Å². The Morgan fingerprint density at radius 2 is 1.59 bits per heavy atom. The van der Waals surface area contributed by atoms with Crippen LogP contribution in [0, 0.1) is 18.6 Å². The number of benzene rings is 2. The first kappa shape index (κ1) is 11.5. The first-order valence-corrected chi connectivity index (χ1v) is 5.15. The van der Waals surface area contributed by atoms with Gasteiger partial charge in [0.2, 0.25) is 0 Å². The molecule has 0 unspecified atom stereocenters. The van der Waals surface area contributed by atoms with Gasteiger partial charge in [0.25, 0.3) is 0 Å². The Hall–Kier alpha value is -2.03. The lowest BCUT2D eigenvalue weighted by Crippen LogP contribution is -2.06. The molecule has 3 heteroatoms. The van der Waals surface area contributed by atoms with E-state index in [-0.39, 0.29) is 11.1 Å². The number of aryl methyl sites for hydroxylation is 1. The molecule has 0 aliphatic carbocycles. The zero-order chi connectivity index (χ0) is 12.4. The Kier molecular flexibility index (Phi) is 3.00. The molecule has 86 valence electrons. The van der Waals surface area contributed by atoms with Gasteiger partial charge in [-0.1, -0.05) is 23.8 Å². The van der Waals surface area contributed by atoms with Crippen molar-refractivity contribution in [2.75, 3.05) is 0 Å². The Morgan fingerprint density at radius 1 is 0.941 bits per heavy atom. The van der Waals surface area contributed by atoms with Gasteiger partial charge >= 0.3 is 0 Å². The zero-order valence-corrected chi connectivity index (χ0v) is 9.21. The van der Waals surface area contributed by atoms with Gasteiger partial charge in [-0.05, 0) is 31.2 Å². The van der Waals surface area contributed by atoms with Crippen molar-refractivity contribution in [3.05, 3.63) is 70.8 Å².